The second kappa shape index (κ2) is 14.4. The summed E-state index contributed by atoms with van der Waals surface area (Å²) in [7, 11) is 2.19. The Morgan fingerprint density at radius 1 is 0.978 bits per heavy atom. The van der Waals surface area contributed by atoms with Crippen molar-refractivity contribution in [2.75, 3.05) is 69.2 Å². The Bertz CT molecular complexity index is 1610. The Kier molecular flexibility index (Phi) is 10.4. The molecule has 244 valence electrons. The van der Waals surface area contributed by atoms with E-state index in [0.29, 0.717) is 24.6 Å². The van der Waals surface area contributed by atoms with Crippen molar-refractivity contribution in [3.63, 3.8) is 0 Å². The lowest BCUT2D eigenvalue weighted by atomic mass is 10.00. The minimum atomic E-state index is -0.585. The number of thiazole rings is 1. The van der Waals surface area contributed by atoms with E-state index in [1.165, 1.54) is 23.0 Å². The van der Waals surface area contributed by atoms with E-state index in [4.69, 9.17) is 21.2 Å². The van der Waals surface area contributed by atoms with Crippen molar-refractivity contribution in [2.24, 2.45) is 0 Å². The Morgan fingerprint density at radius 2 is 1.65 bits per heavy atom. The molecule has 12 heteroatoms. The molecule has 1 fully saturated rings. The summed E-state index contributed by atoms with van der Waals surface area (Å²) < 4.78 is 5.46. The van der Waals surface area contributed by atoms with E-state index >= 15 is 0 Å². The normalized spacial score (nSPS) is 14.3. The van der Waals surface area contributed by atoms with E-state index in [2.05, 4.69) is 86.4 Å². The number of rotatable bonds is 10. The number of aromatic nitrogens is 3. The molecule has 3 heterocycles. The molecule has 1 saturated heterocycles. The fourth-order valence-corrected chi connectivity index (χ4v) is 6.14. The van der Waals surface area contributed by atoms with Crippen LogP contribution in [-0.2, 0) is 11.2 Å². The number of nitrogen functional groups attached to an aromatic ring is 2. The van der Waals surface area contributed by atoms with Gasteiger partial charge in [-0.25, -0.2) is 19.7 Å². The number of alkyl carbamates (subject to hydrolysis) is 1. The molecule has 0 atom stereocenters. The van der Waals surface area contributed by atoms with Gasteiger partial charge in [-0.05, 0) is 69.5 Å². The van der Waals surface area contributed by atoms with Crippen LogP contribution in [0.15, 0.2) is 53.9 Å². The molecule has 0 saturated carbocycles. The maximum absolute atomic E-state index is 12.4. The van der Waals surface area contributed by atoms with Gasteiger partial charge in [0.05, 0.1) is 0 Å². The van der Waals surface area contributed by atoms with Crippen molar-refractivity contribution >= 4 is 39.9 Å². The molecule has 46 heavy (non-hydrogen) atoms. The topological polar surface area (TPSA) is 139 Å². The number of piperazine rings is 1. The largest absolute Gasteiger partial charge is 0.444 e. The number of hydrogen-bond donors (Lipinski definition) is 3. The Balaban J connectivity index is 1.37. The predicted molar refractivity (Wildman–Crippen MR) is 187 cm³/mol. The number of nitrogens with one attached hydrogen (secondary N) is 1. The van der Waals surface area contributed by atoms with Crippen molar-refractivity contribution in [1.29, 1.82) is 0 Å². The van der Waals surface area contributed by atoms with Crippen molar-refractivity contribution in [3.8, 4) is 22.6 Å². The van der Waals surface area contributed by atoms with E-state index in [0.717, 1.165) is 66.7 Å². The average molecular weight is 644 g/mol. The van der Waals surface area contributed by atoms with Crippen molar-refractivity contribution < 1.29 is 9.53 Å². The monoisotopic (exact) mass is 643 g/mol. The second-order valence-electron chi connectivity index (χ2n) is 12.7. The van der Waals surface area contributed by atoms with E-state index < -0.39 is 11.7 Å². The Morgan fingerprint density at radius 3 is 2.33 bits per heavy atom. The van der Waals surface area contributed by atoms with Crippen LogP contribution in [0, 0.1) is 6.92 Å². The van der Waals surface area contributed by atoms with Crippen LogP contribution in [0.5, 0.6) is 0 Å². The maximum Gasteiger partial charge on any atom is 0.407 e. The molecule has 5 N–H and O–H groups in total. The smallest absolute Gasteiger partial charge is 0.407 e. The van der Waals surface area contributed by atoms with Crippen LogP contribution in [0.2, 0.25) is 0 Å². The highest BCUT2D eigenvalue weighted by Gasteiger charge is 2.21. The molecule has 0 unspecified atom stereocenters. The van der Waals surface area contributed by atoms with Crippen LogP contribution in [-0.4, -0.2) is 89.3 Å². The van der Waals surface area contributed by atoms with E-state index in [1.54, 1.807) is 0 Å². The van der Waals surface area contributed by atoms with E-state index in [1.807, 2.05) is 26.2 Å². The van der Waals surface area contributed by atoms with Crippen LogP contribution >= 0.6 is 11.3 Å². The van der Waals surface area contributed by atoms with Crippen molar-refractivity contribution in [1.82, 2.24) is 30.1 Å². The van der Waals surface area contributed by atoms with Gasteiger partial charge >= 0.3 is 6.09 Å². The van der Waals surface area contributed by atoms with Crippen LogP contribution in [0.3, 0.4) is 0 Å². The van der Waals surface area contributed by atoms with Gasteiger partial charge in [-0.2, -0.15) is 0 Å². The minimum absolute atomic E-state index is 0.282. The molecule has 0 bridgehead atoms. The summed E-state index contributed by atoms with van der Waals surface area (Å²) in [5.74, 6) is 0.929. The first-order valence-corrected chi connectivity index (χ1v) is 16.5. The molecule has 2 aromatic heterocycles. The quantitative estimate of drug-likeness (QED) is 0.212. The molecule has 2 aromatic carbocycles. The van der Waals surface area contributed by atoms with Crippen LogP contribution in [0.4, 0.5) is 27.2 Å². The van der Waals surface area contributed by atoms with Gasteiger partial charge in [0.25, 0.3) is 0 Å². The average Bonchev–Trinajstić information content (AvgIpc) is 3.49. The number of aryl methyl sites for hydroxylation is 1. The van der Waals surface area contributed by atoms with Gasteiger partial charge in [0.1, 0.15) is 22.9 Å². The first-order valence-electron chi connectivity index (χ1n) is 15.6. The molecule has 1 aliphatic heterocycles. The Labute approximate surface area is 275 Å². The number of ether oxygens (including phenoxy) is 1. The first kappa shape index (κ1) is 33.1. The van der Waals surface area contributed by atoms with Gasteiger partial charge in [0.2, 0.25) is 0 Å². The molecule has 1 amide bonds. The SMILES string of the molecule is Cc1ccc(-c2ccc(CCN3CCN(C)CC3)cc2)cc1N(CCNC(=O)OC(C)(C)C)c1nc(-c2nc(N)cc(N)n2)cs1. The van der Waals surface area contributed by atoms with Crippen LogP contribution < -0.4 is 21.7 Å². The van der Waals surface area contributed by atoms with Crippen molar-refractivity contribution in [3.05, 3.63) is 65.0 Å². The van der Waals surface area contributed by atoms with Gasteiger partial charge < -0.3 is 36.2 Å². The molecule has 0 radical (unpaired) electrons. The standard InChI is InChI=1S/C34H45N9O2S/c1-23-6-9-26(25-10-7-24(8-11-25)12-14-42-18-16-41(5)17-19-42)20-28(23)43(15-13-37-33(44)45-34(2,3)4)32-38-27(22-46-32)31-39-29(35)21-30(36)40-31/h6-11,20-22H,12-19H2,1-5H3,(H,37,44)(H4,35,36,39,40). The fourth-order valence-electron chi connectivity index (χ4n) is 5.30. The Hall–Kier alpha value is -4.26. The highest BCUT2D eigenvalue weighted by Crippen LogP contribution is 2.35. The number of nitrogens with two attached hydrogens (primary N) is 2. The summed E-state index contributed by atoms with van der Waals surface area (Å²) in [6.45, 7) is 14.0. The number of hydrogen-bond acceptors (Lipinski definition) is 11. The molecular formula is C34H45N9O2S. The number of benzene rings is 2. The fraction of sp³-hybridized carbons (Fsp3) is 0.412. The number of nitrogens with zero attached hydrogens (tertiary/aromatic N) is 6. The zero-order valence-corrected chi connectivity index (χ0v) is 28.2. The number of likely N-dealkylation sites (N-methyl/N-ethyl adjacent to an activating group) is 1. The molecule has 5 rings (SSSR count). The lowest BCUT2D eigenvalue weighted by Gasteiger charge is -2.32. The lowest BCUT2D eigenvalue weighted by Crippen LogP contribution is -2.45. The predicted octanol–water partition coefficient (Wildman–Crippen LogP) is 5.19. The molecule has 4 aromatic rings. The van der Waals surface area contributed by atoms with Gasteiger partial charge in [-0.15, -0.1) is 11.3 Å². The van der Waals surface area contributed by atoms with Gasteiger partial charge in [0.15, 0.2) is 11.0 Å². The number of carbonyl (C=O) groups excluding carboxylic acids is 1. The summed E-state index contributed by atoms with van der Waals surface area (Å²) in [5, 5.41) is 5.50. The highest BCUT2D eigenvalue weighted by atomic mass is 32.1. The summed E-state index contributed by atoms with van der Waals surface area (Å²) in [6.07, 6.45) is 0.574. The van der Waals surface area contributed by atoms with Crippen LogP contribution in [0.25, 0.3) is 22.6 Å². The third kappa shape index (κ3) is 8.93. The molecule has 0 spiro atoms. The number of carbonyl (C=O) groups is 1. The number of amides is 1. The molecule has 0 aliphatic carbocycles. The van der Waals surface area contributed by atoms with Gasteiger partial charge in [0, 0.05) is 62.9 Å². The molecule has 1 aliphatic rings. The number of anilines is 4. The van der Waals surface area contributed by atoms with E-state index in [9.17, 15) is 4.79 Å². The third-order valence-electron chi connectivity index (χ3n) is 7.82. The third-order valence-corrected chi connectivity index (χ3v) is 8.68. The van der Waals surface area contributed by atoms with Gasteiger partial charge in [-0.1, -0.05) is 36.4 Å². The molecular weight excluding hydrogens is 599 g/mol. The van der Waals surface area contributed by atoms with Crippen molar-refractivity contribution in [2.45, 2.75) is 39.7 Å². The maximum atomic E-state index is 12.4. The highest BCUT2D eigenvalue weighted by molar-refractivity contribution is 7.14. The summed E-state index contributed by atoms with van der Waals surface area (Å²) in [4.78, 5) is 33.0. The van der Waals surface area contributed by atoms with Gasteiger partial charge in [-0.3, -0.25) is 0 Å². The molecule has 11 nitrogen and oxygen atoms in total. The zero-order chi connectivity index (χ0) is 32.8. The second-order valence-corrected chi connectivity index (χ2v) is 13.6. The van der Waals surface area contributed by atoms with E-state index in [-0.39, 0.29) is 11.6 Å². The zero-order valence-electron chi connectivity index (χ0n) is 27.4. The summed E-state index contributed by atoms with van der Waals surface area (Å²) >= 11 is 1.46. The minimum Gasteiger partial charge on any atom is -0.444 e. The lowest BCUT2D eigenvalue weighted by molar-refractivity contribution is 0.0529. The summed E-state index contributed by atoms with van der Waals surface area (Å²) in [6, 6.07) is 16.8. The summed E-state index contributed by atoms with van der Waals surface area (Å²) in [5.41, 5.74) is 17.5. The first-order chi connectivity index (χ1) is 21.9. The van der Waals surface area contributed by atoms with Crippen LogP contribution in [0.1, 0.15) is 31.9 Å².